The number of aromatic nitrogens is 3. The Hall–Kier alpha value is -3.09. The van der Waals surface area contributed by atoms with E-state index in [1.807, 2.05) is 33.8 Å². The Bertz CT molecular complexity index is 1120. The second kappa shape index (κ2) is 7.31. The fourth-order valence-electron chi connectivity index (χ4n) is 4.37. The Morgan fingerprint density at radius 1 is 1.10 bits per heavy atom. The Morgan fingerprint density at radius 3 is 2.60 bits per heavy atom. The van der Waals surface area contributed by atoms with E-state index in [1.165, 1.54) is 5.56 Å². The molecule has 156 valence electrons. The van der Waals surface area contributed by atoms with Crippen molar-refractivity contribution in [1.29, 1.82) is 0 Å². The maximum atomic E-state index is 13.1. The number of likely N-dealkylation sites (tertiary alicyclic amines) is 1. The summed E-state index contributed by atoms with van der Waals surface area (Å²) in [7, 11) is 0. The van der Waals surface area contributed by atoms with Crippen molar-refractivity contribution in [3.63, 3.8) is 0 Å². The standard InChI is InChI=1S/C23H27N5O2/c1-14-15(2)25-20-6-5-17(13-19(14)20)23(30)27-11-8-18(9-12-27)28-21(7-10-24-28)26-22(29)16-3-4-16/h5-7,10,13,16,18,25H,3-4,8-9,11-12H2,1-2H3,(H,26,29). The van der Waals surface area contributed by atoms with Crippen molar-refractivity contribution in [3.05, 3.63) is 47.3 Å². The number of aryl methyl sites for hydroxylation is 2. The fourth-order valence-corrected chi connectivity index (χ4v) is 4.37. The Balaban J connectivity index is 1.26. The van der Waals surface area contributed by atoms with Gasteiger partial charge < -0.3 is 15.2 Å². The number of carbonyl (C=O) groups excluding carboxylic acids is 2. The monoisotopic (exact) mass is 405 g/mol. The third-order valence-electron chi connectivity index (χ3n) is 6.52. The molecule has 1 aromatic carbocycles. The normalized spacial score (nSPS) is 17.5. The zero-order valence-corrected chi connectivity index (χ0v) is 17.4. The SMILES string of the molecule is Cc1[nH]c2ccc(C(=O)N3CCC(n4nccc4NC(=O)C4CC4)CC3)cc2c1C. The molecule has 5 rings (SSSR count). The first-order chi connectivity index (χ1) is 14.5. The van der Waals surface area contributed by atoms with E-state index < -0.39 is 0 Å². The van der Waals surface area contributed by atoms with Gasteiger partial charge in [-0.2, -0.15) is 5.10 Å². The quantitative estimate of drug-likeness (QED) is 0.692. The summed E-state index contributed by atoms with van der Waals surface area (Å²) in [4.78, 5) is 30.5. The van der Waals surface area contributed by atoms with Crippen LogP contribution in [0.1, 0.15) is 53.3 Å². The lowest BCUT2D eigenvalue weighted by Crippen LogP contribution is -2.39. The average Bonchev–Trinajstić information content (AvgIpc) is 3.46. The van der Waals surface area contributed by atoms with E-state index in [-0.39, 0.29) is 23.8 Å². The molecule has 3 heterocycles. The van der Waals surface area contributed by atoms with Crippen molar-refractivity contribution in [3.8, 4) is 0 Å². The molecule has 2 aromatic heterocycles. The highest BCUT2D eigenvalue weighted by atomic mass is 16.2. The van der Waals surface area contributed by atoms with Crippen LogP contribution in [0.2, 0.25) is 0 Å². The Kier molecular flexibility index (Phi) is 4.60. The molecule has 2 N–H and O–H groups in total. The molecule has 7 heteroatoms. The van der Waals surface area contributed by atoms with Crippen molar-refractivity contribution in [1.82, 2.24) is 19.7 Å². The van der Waals surface area contributed by atoms with Gasteiger partial charge in [0.25, 0.3) is 5.91 Å². The van der Waals surface area contributed by atoms with Crippen LogP contribution in [0.5, 0.6) is 0 Å². The predicted molar refractivity (Wildman–Crippen MR) is 116 cm³/mol. The minimum absolute atomic E-state index is 0.0799. The summed E-state index contributed by atoms with van der Waals surface area (Å²) in [5.74, 6) is 1.10. The highest BCUT2D eigenvalue weighted by Crippen LogP contribution is 2.32. The van der Waals surface area contributed by atoms with Crippen molar-refractivity contribution < 1.29 is 9.59 Å². The van der Waals surface area contributed by atoms with E-state index in [9.17, 15) is 9.59 Å². The number of fused-ring (bicyclic) bond motifs is 1. The van der Waals surface area contributed by atoms with Gasteiger partial charge >= 0.3 is 0 Å². The van der Waals surface area contributed by atoms with Crippen LogP contribution >= 0.6 is 0 Å². The second-order valence-electron chi connectivity index (χ2n) is 8.58. The molecule has 0 bridgehead atoms. The highest BCUT2D eigenvalue weighted by Gasteiger charge is 2.31. The summed E-state index contributed by atoms with van der Waals surface area (Å²) in [5.41, 5.74) is 4.14. The number of piperidine rings is 1. The molecule has 0 radical (unpaired) electrons. The predicted octanol–water partition coefficient (Wildman–Crippen LogP) is 3.81. The first-order valence-electron chi connectivity index (χ1n) is 10.7. The van der Waals surface area contributed by atoms with Crippen molar-refractivity contribution >= 4 is 28.5 Å². The summed E-state index contributed by atoms with van der Waals surface area (Å²) >= 11 is 0. The number of nitrogens with zero attached hydrogens (tertiary/aromatic N) is 3. The van der Waals surface area contributed by atoms with Crippen LogP contribution in [0.25, 0.3) is 10.9 Å². The van der Waals surface area contributed by atoms with Crippen LogP contribution in [0, 0.1) is 19.8 Å². The number of carbonyl (C=O) groups is 2. The molecule has 7 nitrogen and oxygen atoms in total. The maximum Gasteiger partial charge on any atom is 0.253 e. The van der Waals surface area contributed by atoms with Crippen LogP contribution < -0.4 is 5.32 Å². The summed E-state index contributed by atoms with van der Waals surface area (Å²) in [5, 5.41) is 8.57. The average molecular weight is 406 g/mol. The third kappa shape index (κ3) is 3.38. The Labute approximate surface area is 175 Å². The van der Waals surface area contributed by atoms with Gasteiger partial charge in [-0.15, -0.1) is 0 Å². The van der Waals surface area contributed by atoms with Gasteiger partial charge in [0.15, 0.2) is 0 Å². The molecule has 0 atom stereocenters. The number of nitrogens with one attached hydrogen (secondary N) is 2. The number of rotatable bonds is 4. The number of hydrogen-bond acceptors (Lipinski definition) is 3. The van der Waals surface area contributed by atoms with Crippen LogP contribution in [0.15, 0.2) is 30.5 Å². The molecule has 2 amide bonds. The van der Waals surface area contributed by atoms with Crippen molar-refractivity contribution in [2.24, 2.45) is 5.92 Å². The van der Waals surface area contributed by atoms with E-state index in [0.717, 1.165) is 53.7 Å². The van der Waals surface area contributed by atoms with Gasteiger partial charge in [-0.3, -0.25) is 9.59 Å². The number of H-pyrrole nitrogens is 1. The minimum atomic E-state index is 0.0799. The molecule has 2 aliphatic rings. The topological polar surface area (TPSA) is 83.0 Å². The molecule has 1 aliphatic heterocycles. The lowest BCUT2D eigenvalue weighted by molar-refractivity contribution is -0.117. The fraction of sp³-hybridized carbons (Fsp3) is 0.435. The molecule has 2 fully saturated rings. The number of amides is 2. The molecular formula is C23H27N5O2. The molecule has 1 saturated heterocycles. The van der Waals surface area contributed by atoms with Gasteiger partial charge in [0, 0.05) is 47.2 Å². The van der Waals surface area contributed by atoms with E-state index in [2.05, 4.69) is 29.2 Å². The lowest BCUT2D eigenvalue weighted by Gasteiger charge is -2.32. The molecule has 0 unspecified atom stereocenters. The molecule has 3 aromatic rings. The first kappa shape index (κ1) is 18.9. The van der Waals surface area contributed by atoms with Gasteiger partial charge in [0.05, 0.1) is 12.2 Å². The Morgan fingerprint density at radius 2 is 1.87 bits per heavy atom. The highest BCUT2D eigenvalue weighted by molar-refractivity contribution is 5.99. The first-order valence-corrected chi connectivity index (χ1v) is 10.7. The largest absolute Gasteiger partial charge is 0.358 e. The van der Waals surface area contributed by atoms with Gasteiger partial charge in [0.1, 0.15) is 5.82 Å². The molecular weight excluding hydrogens is 378 g/mol. The third-order valence-corrected chi connectivity index (χ3v) is 6.52. The van der Waals surface area contributed by atoms with Crippen LogP contribution in [-0.4, -0.2) is 44.6 Å². The zero-order valence-electron chi connectivity index (χ0n) is 17.4. The smallest absolute Gasteiger partial charge is 0.253 e. The van der Waals surface area contributed by atoms with Gasteiger partial charge in [0.2, 0.25) is 5.91 Å². The number of hydrogen-bond donors (Lipinski definition) is 2. The number of benzene rings is 1. The minimum Gasteiger partial charge on any atom is -0.358 e. The van der Waals surface area contributed by atoms with Gasteiger partial charge in [-0.1, -0.05) is 0 Å². The van der Waals surface area contributed by atoms with E-state index in [1.54, 1.807) is 6.20 Å². The zero-order chi connectivity index (χ0) is 20.8. The number of anilines is 1. The van der Waals surface area contributed by atoms with Crippen LogP contribution in [0.4, 0.5) is 5.82 Å². The van der Waals surface area contributed by atoms with Crippen molar-refractivity contribution in [2.45, 2.75) is 45.6 Å². The second-order valence-corrected chi connectivity index (χ2v) is 8.58. The summed E-state index contributed by atoms with van der Waals surface area (Å²) in [6.45, 7) is 5.50. The van der Waals surface area contributed by atoms with Gasteiger partial charge in [-0.05, 0) is 63.3 Å². The summed E-state index contributed by atoms with van der Waals surface area (Å²) in [6, 6.07) is 7.95. The van der Waals surface area contributed by atoms with E-state index in [4.69, 9.17) is 0 Å². The van der Waals surface area contributed by atoms with E-state index in [0.29, 0.717) is 13.1 Å². The maximum absolute atomic E-state index is 13.1. The van der Waals surface area contributed by atoms with E-state index >= 15 is 0 Å². The van der Waals surface area contributed by atoms with Crippen LogP contribution in [0.3, 0.4) is 0 Å². The molecule has 0 spiro atoms. The molecule has 1 aliphatic carbocycles. The summed E-state index contributed by atoms with van der Waals surface area (Å²) in [6.07, 6.45) is 5.34. The van der Waals surface area contributed by atoms with Gasteiger partial charge in [-0.25, -0.2) is 4.68 Å². The lowest BCUT2D eigenvalue weighted by atomic mass is 10.0. The number of aromatic amines is 1. The molecule has 30 heavy (non-hydrogen) atoms. The van der Waals surface area contributed by atoms with Crippen molar-refractivity contribution in [2.75, 3.05) is 18.4 Å². The van der Waals surface area contributed by atoms with Crippen LogP contribution in [-0.2, 0) is 4.79 Å². The summed E-state index contributed by atoms with van der Waals surface area (Å²) < 4.78 is 1.92. The molecule has 1 saturated carbocycles.